The summed E-state index contributed by atoms with van der Waals surface area (Å²) >= 11 is 0. The number of rotatable bonds is 4. The minimum Gasteiger partial charge on any atom is -0.351 e. The first kappa shape index (κ1) is 16.6. The molecule has 0 spiro atoms. The summed E-state index contributed by atoms with van der Waals surface area (Å²) in [5.74, 6) is 0.819. The lowest BCUT2D eigenvalue weighted by atomic mass is 9.75. The third-order valence-electron chi connectivity index (χ3n) is 5.54. The molecular formula is C16H32N4O. The largest absolute Gasteiger partial charge is 0.351 e. The van der Waals surface area contributed by atoms with E-state index < -0.39 is 0 Å². The number of nitrogens with zero attached hydrogens (tertiary/aromatic N) is 2. The Morgan fingerprint density at radius 2 is 2.00 bits per heavy atom. The maximum Gasteiger partial charge on any atom is 0.314 e. The molecule has 122 valence electrons. The summed E-state index contributed by atoms with van der Waals surface area (Å²) in [5, 5.41) is 3.77. The van der Waals surface area contributed by atoms with Gasteiger partial charge in [-0.25, -0.2) is 4.79 Å². The number of carbonyl (C=O) groups is 1. The highest BCUT2D eigenvalue weighted by molar-refractivity contribution is 5.72. The highest BCUT2D eigenvalue weighted by Crippen LogP contribution is 2.35. The number of carbonyl (C=O) groups excluding carboxylic acids is 1. The molecule has 2 unspecified atom stereocenters. The molecule has 3 N–H and O–H groups in total. The minimum absolute atomic E-state index is 0.278. The SMILES string of the molecule is CC1CCCC(CNC2CCN(C(N)=O)CC2)(N(C)C)C1. The monoisotopic (exact) mass is 296 g/mol. The molecule has 1 aliphatic heterocycles. The van der Waals surface area contributed by atoms with E-state index in [0.717, 1.165) is 38.4 Å². The molecule has 0 aromatic carbocycles. The molecule has 0 bridgehead atoms. The smallest absolute Gasteiger partial charge is 0.314 e. The number of nitrogens with two attached hydrogens (primary N) is 1. The van der Waals surface area contributed by atoms with Gasteiger partial charge in [0.25, 0.3) is 0 Å². The van der Waals surface area contributed by atoms with E-state index in [-0.39, 0.29) is 6.03 Å². The van der Waals surface area contributed by atoms with E-state index in [1.165, 1.54) is 25.7 Å². The number of piperidine rings is 1. The Morgan fingerprint density at radius 3 is 2.52 bits per heavy atom. The van der Waals surface area contributed by atoms with Gasteiger partial charge in [-0.1, -0.05) is 19.8 Å². The molecule has 1 saturated carbocycles. The molecule has 0 radical (unpaired) electrons. The van der Waals surface area contributed by atoms with E-state index in [0.29, 0.717) is 11.6 Å². The average Bonchev–Trinajstić information content (AvgIpc) is 2.45. The molecule has 2 aliphatic rings. The van der Waals surface area contributed by atoms with Crippen LogP contribution < -0.4 is 11.1 Å². The zero-order valence-corrected chi connectivity index (χ0v) is 13.9. The lowest BCUT2D eigenvalue weighted by Gasteiger charge is -2.46. The van der Waals surface area contributed by atoms with Gasteiger partial charge in [-0.15, -0.1) is 0 Å². The Hall–Kier alpha value is -0.810. The maximum absolute atomic E-state index is 11.2. The third kappa shape index (κ3) is 4.10. The van der Waals surface area contributed by atoms with Crippen LogP contribution in [0, 0.1) is 5.92 Å². The fraction of sp³-hybridized carbons (Fsp3) is 0.938. The van der Waals surface area contributed by atoms with Crippen LogP contribution in [0.25, 0.3) is 0 Å². The lowest BCUT2D eigenvalue weighted by molar-refractivity contribution is 0.0692. The molecule has 1 aliphatic carbocycles. The van der Waals surface area contributed by atoms with Gasteiger partial charge in [0.05, 0.1) is 0 Å². The lowest BCUT2D eigenvalue weighted by Crippen LogP contribution is -2.57. The van der Waals surface area contributed by atoms with E-state index in [2.05, 4.69) is 31.2 Å². The number of likely N-dealkylation sites (N-methyl/N-ethyl adjacent to an activating group) is 1. The number of likely N-dealkylation sites (tertiary alicyclic amines) is 1. The second-order valence-corrected chi connectivity index (χ2v) is 7.30. The number of urea groups is 1. The predicted molar refractivity (Wildman–Crippen MR) is 86.2 cm³/mol. The Labute approximate surface area is 129 Å². The average molecular weight is 296 g/mol. The van der Waals surface area contributed by atoms with Crippen LogP contribution in [-0.4, -0.2) is 61.1 Å². The fourth-order valence-electron chi connectivity index (χ4n) is 4.00. The van der Waals surface area contributed by atoms with E-state index in [1.807, 2.05) is 0 Å². The number of primary amides is 1. The van der Waals surface area contributed by atoms with Gasteiger partial charge in [0.2, 0.25) is 0 Å². The number of hydrogen-bond acceptors (Lipinski definition) is 3. The standard InChI is InChI=1S/C16H32N4O/c1-13-5-4-8-16(11-13,19(2)3)12-18-14-6-9-20(10-7-14)15(17)21/h13-14,18H,4-12H2,1-3H3,(H2,17,21). The first-order valence-corrected chi connectivity index (χ1v) is 8.38. The van der Waals surface area contributed by atoms with Crippen LogP contribution in [-0.2, 0) is 0 Å². The summed E-state index contributed by atoms with van der Waals surface area (Å²) in [6.07, 6.45) is 7.31. The van der Waals surface area contributed by atoms with Gasteiger partial charge >= 0.3 is 6.03 Å². The van der Waals surface area contributed by atoms with Crippen molar-refractivity contribution in [1.29, 1.82) is 0 Å². The van der Waals surface area contributed by atoms with Gasteiger partial charge in [0.15, 0.2) is 0 Å². The van der Waals surface area contributed by atoms with E-state index >= 15 is 0 Å². The highest BCUT2D eigenvalue weighted by Gasteiger charge is 2.37. The molecular weight excluding hydrogens is 264 g/mol. The Kier molecular flexibility index (Phi) is 5.49. The summed E-state index contributed by atoms with van der Waals surface area (Å²) in [4.78, 5) is 15.3. The molecule has 2 fully saturated rings. The van der Waals surface area contributed by atoms with Gasteiger partial charge in [-0.3, -0.25) is 0 Å². The van der Waals surface area contributed by atoms with Crippen molar-refractivity contribution in [2.75, 3.05) is 33.7 Å². The second kappa shape index (κ2) is 6.97. The number of nitrogens with one attached hydrogen (secondary N) is 1. The van der Waals surface area contributed by atoms with E-state index in [1.54, 1.807) is 4.90 Å². The topological polar surface area (TPSA) is 61.6 Å². The first-order chi connectivity index (χ1) is 9.93. The van der Waals surface area contributed by atoms with Crippen molar-refractivity contribution in [3.63, 3.8) is 0 Å². The van der Waals surface area contributed by atoms with E-state index in [9.17, 15) is 4.79 Å². The molecule has 2 atom stereocenters. The molecule has 5 heteroatoms. The van der Waals surface area contributed by atoms with Crippen LogP contribution in [0.4, 0.5) is 4.79 Å². The number of hydrogen-bond donors (Lipinski definition) is 2. The van der Waals surface area contributed by atoms with Crippen LogP contribution in [0.3, 0.4) is 0 Å². The molecule has 0 aromatic heterocycles. The minimum atomic E-state index is -0.278. The summed E-state index contributed by atoms with van der Waals surface area (Å²) in [5.41, 5.74) is 5.64. The third-order valence-corrected chi connectivity index (χ3v) is 5.54. The molecule has 2 amide bonds. The van der Waals surface area contributed by atoms with Crippen LogP contribution in [0.2, 0.25) is 0 Å². The van der Waals surface area contributed by atoms with Crippen LogP contribution in [0.1, 0.15) is 45.4 Å². The Bertz CT molecular complexity index is 352. The summed E-state index contributed by atoms with van der Waals surface area (Å²) in [6, 6.07) is 0.244. The maximum atomic E-state index is 11.2. The van der Waals surface area contributed by atoms with Crippen molar-refractivity contribution in [2.24, 2.45) is 11.7 Å². The normalized spacial score (nSPS) is 31.6. The highest BCUT2D eigenvalue weighted by atomic mass is 16.2. The summed E-state index contributed by atoms with van der Waals surface area (Å²) < 4.78 is 0. The van der Waals surface area contributed by atoms with Gasteiger partial charge in [0.1, 0.15) is 0 Å². The van der Waals surface area contributed by atoms with Crippen molar-refractivity contribution >= 4 is 6.03 Å². The molecule has 0 aromatic rings. The van der Waals surface area contributed by atoms with Crippen LogP contribution in [0.15, 0.2) is 0 Å². The zero-order valence-electron chi connectivity index (χ0n) is 13.9. The Balaban J connectivity index is 1.84. The van der Waals surface area contributed by atoms with Crippen molar-refractivity contribution in [2.45, 2.75) is 57.0 Å². The van der Waals surface area contributed by atoms with Gasteiger partial charge in [-0.2, -0.15) is 0 Å². The van der Waals surface area contributed by atoms with Gasteiger partial charge in [0, 0.05) is 31.2 Å². The quantitative estimate of drug-likeness (QED) is 0.829. The van der Waals surface area contributed by atoms with E-state index in [4.69, 9.17) is 5.73 Å². The van der Waals surface area contributed by atoms with Crippen molar-refractivity contribution in [1.82, 2.24) is 15.1 Å². The van der Waals surface area contributed by atoms with Crippen LogP contribution in [0.5, 0.6) is 0 Å². The Morgan fingerprint density at radius 1 is 1.33 bits per heavy atom. The molecule has 21 heavy (non-hydrogen) atoms. The molecule has 1 saturated heterocycles. The van der Waals surface area contributed by atoms with Gasteiger partial charge in [-0.05, 0) is 45.7 Å². The second-order valence-electron chi connectivity index (χ2n) is 7.30. The number of amides is 2. The molecule has 1 heterocycles. The summed E-state index contributed by atoms with van der Waals surface area (Å²) in [7, 11) is 4.44. The predicted octanol–water partition coefficient (Wildman–Crippen LogP) is 1.63. The van der Waals surface area contributed by atoms with Gasteiger partial charge < -0.3 is 20.9 Å². The molecule has 2 rings (SSSR count). The first-order valence-electron chi connectivity index (χ1n) is 8.38. The van der Waals surface area contributed by atoms with Crippen molar-refractivity contribution in [3.8, 4) is 0 Å². The van der Waals surface area contributed by atoms with Crippen molar-refractivity contribution < 1.29 is 4.79 Å². The fourth-order valence-corrected chi connectivity index (χ4v) is 4.00. The van der Waals surface area contributed by atoms with Crippen LogP contribution >= 0.6 is 0 Å². The summed E-state index contributed by atoms with van der Waals surface area (Å²) in [6.45, 7) is 5.02. The zero-order chi connectivity index (χ0) is 15.5. The molecule has 5 nitrogen and oxygen atoms in total. The van der Waals surface area contributed by atoms with Crippen molar-refractivity contribution in [3.05, 3.63) is 0 Å².